The Morgan fingerprint density at radius 1 is 1.09 bits per heavy atom. The molecule has 2 rings (SSSR count). The Hall–Kier alpha value is -2.69. The van der Waals surface area contributed by atoms with Crippen LogP contribution < -0.4 is 10.1 Å². The fourth-order valence-electron chi connectivity index (χ4n) is 1.75. The molecule has 0 aliphatic rings. The fraction of sp³-hybridized carbons (Fsp3) is 0.118. The maximum Gasteiger partial charge on any atom is 0.387 e. The molecule has 1 amide bonds. The summed E-state index contributed by atoms with van der Waals surface area (Å²) in [5, 5.41) is 2.73. The van der Waals surface area contributed by atoms with Crippen molar-refractivity contribution >= 4 is 17.7 Å². The largest absolute Gasteiger partial charge is 0.435 e. The van der Waals surface area contributed by atoms with Gasteiger partial charge in [-0.25, -0.2) is 0 Å². The summed E-state index contributed by atoms with van der Waals surface area (Å²) in [6.07, 6.45) is 2.97. The Morgan fingerprint density at radius 2 is 1.73 bits per heavy atom. The Kier molecular flexibility index (Phi) is 5.25. The van der Waals surface area contributed by atoms with Crippen molar-refractivity contribution in [2.45, 2.75) is 13.5 Å². The first kappa shape index (κ1) is 15.7. The highest BCUT2D eigenvalue weighted by Gasteiger charge is 2.03. The predicted molar refractivity (Wildman–Crippen MR) is 81.9 cm³/mol. The lowest BCUT2D eigenvalue weighted by Crippen LogP contribution is -2.07. The highest BCUT2D eigenvalue weighted by molar-refractivity contribution is 6.01. The van der Waals surface area contributed by atoms with E-state index in [1.54, 1.807) is 18.2 Å². The van der Waals surface area contributed by atoms with E-state index in [0.29, 0.717) is 11.3 Å². The van der Waals surface area contributed by atoms with Crippen molar-refractivity contribution in [3.8, 4) is 5.75 Å². The number of ether oxygens (including phenoxy) is 1. The lowest BCUT2D eigenvalue weighted by Gasteiger charge is -2.04. The van der Waals surface area contributed by atoms with Crippen LogP contribution in [0.4, 0.5) is 14.5 Å². The molecule has 22 heavy (non-hydrogen) atoms. The van der Waals surface area contributed by atoms with Crippen LogP contribution in [-0.2, 0) is 4.79 Å². The summed E-state index contributed by atoms with van der Waals surface area (Å²) in [6, 6.07) is 13.5. The van der Waals surface area contributed by atoms with Gasteiger partial charge in [0, 0.05) is 11.8 Å². The Bertz CT molecular complexity index is 649. The second kappa shape index (κ2) is 7.36. The van der Waals surface area contributed by atoms with E-state index in [1.807, 2.05) is 31.2 Å². The number of alkyl halides is 2. The van der Waals surface area contributed by atoms with Crippen LogP contribution in [0, 0.1) is 6.92 Å². The number of amides is 1. The molecule has 0 bridgehead atoms. The van der Waals surface area contributed by atoms with Crippen LogP contribution in [0.25, 0.3) is 6.08 Å². The second-order valence-corrected chi connectivity index (χ2v) is 4.64. The third kappa shape index (κ3) is 5.01. The molecular weight excluding hydrogens is 288 g/mol. The highest BCUT2D eigenvalue weighted by atomic mass is 19.3. The van der Waals surface area contributed by atoms with E-state index in [4.69, 9.17) is 0 Å². The summed E-state index contributed by atoms with van der Waals surface area (Å²) in [6.45, 7) is -0.880. The van der Waals surface area contributed by atoms with Crippen molar-refractivity contribution in [1.82, 2.24) is 0 Å². The quantitative estimate of drug-likeness (QED) is 0.839. The Labute approximate surface area is 127 Å². The summed E-state index contributed by atoms with van der Waals surface area (Å²) in [4.78, 5) is 11.8. The van der Waals surface area contributed by atoms with Gasteiger partial charge in [0.05, 0.1) is 0 Å². The minimum absolute atomic E-state index is 0.0799. The number of hydrogen-bond acceptors (Lipinski definition) is 2. The van der Waals surface area contributed by atoms with Gasteiger partial charge in [-0.05, 0) is 42.8 Å². The van der Waals surface area contributed by atoms with Crippen molar-refractivity contribution in [3.05, 3.63) is 65.7 Å². The van der Waals surface area contributed by atoms with Crippen molar-refractivity contribution < 1.29 is 18.3 Å². The maximum absolute atomic E-state index is 12.0. The van der Waals surface area contributed by atoms with E-state index in [1.165, 1.54) is 18.2 Å². The van der Waals surface area contributed by atoms with Crippen LogP contribution in [0.1, 0.15) is 11.1 Å². The monoisotopic (exact) mass is 303 g/mol. The van der Waals surface area contributed by atoms with E-state index < -0.39 is 6.61 Å². The Balaban J connectivity index is 1.93. The standard InChI is InChI=1S/C17H15F2NO2/c1-12-2-7-14(8-3-12)20-16(21)11-6-13-4-9-15(10-5-13)22-17(18)19/h2-11,17H,1H3,(H,20,21). The first-order chi connectivity index (χ1) is 10.5. The summed E-state index contributed by atoms with van der Waals surface area (Å²) < 4.78 is 28.3. The fourth-order valence-corrected chi connectivity index (χ4v) is 1.75. The van der Waals surface area contributed by atoms with Gasteiger partial charge in [0.2, 0.25) is 5.91 Å². The van der Waals surface area contributed by atoms with Gasteiger partial charge in [-0.1, -0.05) is 29.8 Å². The number of hydrogen-bond donors (Lipinski definition) is 1. The molecule has 0 fully saturated rings. The molecule has 0 aliphatic carbocycles. The molecule has 0 saturated carbocycles. The third-order valence-electron chi connectivity index (χ3n) is 2.85. The molecule has 5 heteroatoms. The Morgan fingerprint density at radius 3 is 2.32 bits per heavy atom. The predicted octanol–water partition coefficient (Wildman–Crippen LogP) is 4.25. The SMILES string of the molecule is Cc1ccc(NC(=O)C=Cc2ccc(OC(F)F)cc2)cc1. The van der Waals surface area contributed by atoms with Gasteiger partial charge in [0.1, 0.15) is 5.75 Å². The van der Waals surface area contributed by atoms with Gasteiger partial charge in [-0.3, -0.25) is 4.79 Å². The van der Waals surface area contributed by atoms with E-state index in [-0.39, 0.29) is 11.7 Å². The molecule has 114 valence electrons. The highest BCUT2D eigenvalue weighted by Crippen LogP contribution is 2.15. The lowest BCUT2D eigenvalue weighted by atomic mass is 10.2. The first-order valence-electron chi connectivity index (χ1n) is 6.63. The number of halogens is 2. The van der Waals surface area contributed by atoms with Crippen molar-refractivity contribution in [3.63, 3.8) is 0 Å². The molecule has 2 aromatic carbocycles. The molecule has 1 N–H and O–H groups in total. The summed E-state index contributed by atoms with van der Waals surface area (Å²) in [7, 11) is 0. The number of anilines is 1. The molecule has 0 atom stereocenters. The van der Waals surface area contributed by atoms with Crippen LogP contribution in [0.2, 0.25) is 0 Å². The number of carbonyl (C=O) groups is 1. The topological polar surface area (TPSA) is 38.3 Å². The molecule has 0 aromatic heterocycles. The van der Waals surface area contributed by atoms with E-state index in [9.17, 15) is 13.6 Å². The lowest BCUT2D eigenvalue weighted by molar-refractivity contribution is -0.111. The molecule has 0 unspecified atom stereocenters. The van der Waals surface area contributed by atoms with Gasteiger partial charge in [-0.15, -0.1) is 0 Å². The summed E-state index contributed by atoms with van der Waals surface area (Å²) in [5.41, 5.74) is 2.53. The van der Waals surface area contributed by atoms with E-state index in [0.717, 1.165) is 5.56 Å². The van der Waals surface area contributed by atoms with Gasteiger partial charge in [0.25, 0.3) is 0 Å². The number of rotatable bonds is 5. The number of nitrogens with one attached hydrogen (secondary N) is 1. The maximum atomic E-state index is 12.0. The zero-order valence-electron chi connectivity index (χ0n) is 11.9. The van der Waals surface area contributed by atoms with Crippen molar-refractivity contribution in [2.24, 2.45) is 0 Å². The molecular formula is C17H15F2NO2. The number of aryl methyl sites for hydroxylation is 1. The van der Waals surface area contributed by atoms with Crippen molar-refractivity contribution in [1.29, 1.82) is 0 Å². The van der Waals surface area contributed by atoms with Crippen LogP contribution in [-0.4, -0.2) is 12.5 Å². The van der Waals surface area contributed by atoms with Crippen LogP contribution in [0.5, 0.6) is 5.75 Å². The third-order valence-corrected chi connectivity index (χ3v) is 2.85. The van der Waals surface area contributed by atoms with E-state index >= 15 is 0 Å². The molecule has 0 saturated heterocycles. The molecule has 0 radical (unpaired) electrons. The average Bonchev–Trinajstić information content (AvgIpc) is 2.48. The van der Waals surface area contributed by atoms with Gasteiger partial charge in [0.15, 0.2) is 0 Å². The minimum Gasteiger partial charge on any atom is -0.435 e. The zero-order chi connectivity index (χ0) is 15.9. The molecule has 2 aromatic rings. The summed E-state index contributed by atoms with van der Waals surface area (Å²) >= 11 is 0. The average molecular weight is 303 g/mol. The van der Waals surface area contributed by atoms with E-state index in [2.05, 4.69) is 10.1 Å². The van der Waals surface area contributed by atoms with Crippen LogP contribution in [0.15, 0.2) is 54.6 Å². The van der Waals surface area contributed by atoms with Gasteiger partial charge in [-0.2, -0.15) is 8.78 Å². The van der Waals surface area contributed by atoms with Crippen LogP contribution >= 0.6 is 0 Å². The second-order valence-electron chi connectivity index (χ2n) is 4.64. The molecule has 0 aliphatic heterocycles. The minimum atomic E-state index is -2.85. The summed E-state index contributed by atoms with van der Waals surface area (Å²) in [5.74, 6) is -0.187. The number of benzene rings is 2. The van der Waals surface area contributed by atoms with Crippen molar-refractivity contribution in [2.75, 3.05) is 5.32 Å². The number of carbonyl (C=O) groups excluding carboxylic acids is 1. The normalized spacial score (nSPS) is 10.9. The molecule has 0 spiro atoms. The molecule has 0 heterocycles. The van der Waals surface area contributed by atoms with Gasteiger partial charge >= 0.3 is 6.61 Å². The first-order valence-corrected chi connectivity index (χ1v) is 6.63. The molecule has 3 nitrogen and oxygen atoms in total. The smallest absolute Gasteiger partial charge is 0.387 e. The van der Waals surface area contributed by atoms with Gasteiger partial charge < -0.3 is 10.1 Å². The zero-order valence-corrected chi connectivity index (χ0v) is 11.9. The van der Waals surface area contributed by atoms with Crippen LogP contribution in [0.3, 0.4) is 0 Å².